The second-order valence-corrected chi connectivity index (χ2v) is 7.97. The van der Waals surface area contributed by atoms with Gasteiger partial charge in [-0.3, -0.25) is 9.48 Å². The van der Waals surface area contributed by atoms with Crippen LogP contribution >= 0.6 is 0 Å². The minimum absolute atomic E-state index is 0.215. The Kier molecular flexibility index (Phi) is 6.08. The van der Waals surface area contributed by atoms with Gasteiger partial charge in [-0.1, -0.05) is 5.21 Å². The Bertz CT molecular complexity index is 623. The van der Waals surface area contributed by atoms with Gasteiger partial charge in [0.05, 0.1) is 12.5 Å². The fourth-order valence-corrected chi connectivity index (χ4v) is 2.84. The number of rotatable bonds is 7. The second-order valence-electron chi connectivity index (χ2n) is 5.88. The number of nitrogens with zero attached hydrogens (tertiary/aromatic N) is 4. The Morgan fingerprint density at radius 1 is 1.57 bits per heavy atom. The molecule has 2 heterocycles. The van der Waals surface area contributed by atoms with E-state index >= 15 is 0 Å². The first kappa shape index (κ1) is 17.8. The highest BCUT2D eigenvalue weighted by Crippen LogP contribution is 2.11. The molecule has 1 amide bonds. The standard InChI is InChI=1S/C13H24N6O3S/c1-18(23(2,21)22)7-6-15-13(20)12-10-19(17-16-12)9-11-4-3-5-14-8-11/h10-11,14H,3-9H2,1-2H3,(H,15,20)/t11-/m0/s1. The van der Waals surface area contributed by atoms with E-state index < -0.39 is 10.0 Å². The highest BCUT2D eigenvalue weighted by atomic mass is 32.2. The maximum Gasteiger partial charge on any atom is 0.273 e. The van der Waals surface area contributed by atoms with E-state index in [0.717, 1.165) is 38.7 Å². The quantitative estimate of drug-likeness (QED) is 0.650. The molecule has 0 saturated carbocycles. The van der Waals surface area contributed by atoms with Crippen LogP contribution in [0.2, 0.25) is 0 Å². The third kappa shape index (κ3) is 5.56. The predicted molar refractivity (Wildman–Crippen MR) is 85.4 cm³/mol. The summed E-state index contributed by atoms with van der Waals surface area (Å²) in [6.45, 7) is 3.20. The van der Waals surface area contributed by atoms with Gasteiger partial charge in [-0.15, -0.1) is 5.10 Å². The van der Waals surface area contributed by atoms with E-state index in [2.05, 4.69) is 20.9 Å². The predicted octanol–water partition coefficient (Wildman–Crippen LogP) is -1.10. The van der Waals surface area contributed by atoms with Gasteiger partial charge in [-0.2, -0.15) is 0 Å². The minimum Gasteiger partial charge on any atom is -0.349 e. The molecule has 0 aromatic carbocycles. The van der Waals surface area contributed by atoms with Crippen molar-refractivity contribution in [1.29, 1.82) is 0 Å². The average molecular weight is 344 g/mol. The number of carbonyl (C=O) groups is 1. The molecule has 9 nitrogen and oxygen atoms in total. The van der Waals surface area contributed by atoms with Crippen LogP contribution in [0.3, 0.4) is 0 Å². The second kappa shape index (κ2) is 7.84. The molecule has 0 spiro atoms. The number of hydrogen-bond donors (Lipinski definition) is 2. The summed E-state index contributed by atoms with van der Waals surface area (Å²) in [6, 6.07) is 0. The zero-order valence-electron chi connectivity index (χ0n) is 13.5. The molecule has 2 N–H and O–H groups in total. The highest BCUT2D eigenvalue weighted by Gasteiger charge is 2.17. The van der Waals surface area contributed by atoms with E-state index in [1.807, 2.05) is 0 Å². The number of likely N-dealkylation sites (N-methyl/N-ethyl adjacent to an activating group) is 1. The first-order valence-corrected chi connectivity index (χ1v) is 9.51. The van der Waals surface area contributed by atoms with Crippen LogP contribution in [0, 0.1) is 5.92 Å². The van der Waals surface area contributed by atoms with Crippen molar-refractivity contribution in [3.8, 4) is 0 Å². The first-order valence-electron chi connectivity index (χ1n) is 7.66. The molecule has 0 unspecified atom stereocenters. The smallest absolute Gasteiger partial charge is 0.273 e. The van der Waals surface area contributed by atoms with Crippen molar-refractivity contribution in [2.24, 2.45) is 5.92 Å². The lowest BCUT2D eigenvalue weighted by atomic mass is 10.00. The number of piperidine rings is 1. The number of carbonyl (C=O) groups excluding carboxylic acids is 1. The van der Waals surface area contributed by atoms with Gasteiger partial charge in [-0.25, -0.2) is 12.7 Å². The lowest BCUT2D eigenvalue weighted by molar-refractivity contribution is 0.0947. The van der Waals surface area contributed by atoms with E-state index in [0.29, 0.717) is 5.92 Å². The zero-order chi connectivity index (χ0) is 16.9. The molecule has 2 rings (SSSR count). The summed E-state index contributed by atoms with van der Waals surface area (Å²) in [4.78, 5) is 12.0. The lowest BCUT2D eigenvalue weighted by Crippen LogP contribution is -2.35. The van der Waals surface area contributed by atoms with Crippen LogP contribution in [0.4, 0.5) is 0 Å². The summed E-state index contributed by atoms with van der Waals surface area (Å²) in [6.07, 6.45) is 5.05. The first-order chi connectivity index (χ1) is 10.9. The molecule has 1 atom stereocenters. The third-order valence-corrected chi connectivity index (χ3v) is 5.21. The Morgan fingerprint density at radius 2 is 2.35 bits per heavy atom. The van der Waals surface area contributed by atoms with Gasteiger partial charge in [0.25, 0.3) is 5.91 Å². The number of hydrogen-bond acceptors (Lipinski definition) is 6. The van der Waals surface area contributed by atoms with Crippen LogP contribution in [0.5, 0.6) is 0 Å². The van der Waals surface area contributed by atoms with Crippen molar-refractivity contribution in [2.75, 3.05) is 39.5 Å². The number of sulfonamides is 1. The van der Waals surface area contributed by atoms with Gasteiger partial charge in [0, 0.05) is 26.7 Å². The normalized spacial score (nSPS) is 19.0. The van der Waals surface area contributed by atoms with Crippen LogP contribution in [-0.4, -0.2) is 73.1 Å². The largest absolute Gasteiger partial charge is 0.349 e. The maximum absolute atomic E-state index is 12.0. The maximum atomic E-state index is 12.0. The topological polar surface area (TPSA) is 109 Å². The molecule has 1 aromatic rings. The van der Waals surface area contributed by atoms with Crippen LogP contribution < -0.4 is 10.6 Å². The molecule has 1 fully saturated rings. The van der Waals surface area contributed by atoms with Crippen LogP contribution in [0.25, 0.3) is 0 Å². The highest BCUT2D eigenvalue weighted by molar-refractivity contribution is 7.88. The molecule has 130 valence electrons. The Labute approximate surface area is 136 Å². The van der Waals surface area contributed by atoms with E-state index in [9.17, 15) is 13.2 Å². The molecule has 0 aliphatic carbocycles. The molecule has 23 heavy (non-hydrogen) atoms. The van der Waals surface area contributed by atoms with Gasteiger partial charge in [0.1, 0.15) is 0 Å². The SMILES string of the molecule is CN(CCNC(=O)c1cn(C[C@H]2CCCNC2)nn1)S(C)(=O)=O. The monoisotopic (exact) mass is 344 g/mol. The molecule has 0 radical (unpaired) electrons. The Hall–Kier alpha value is -1.52. The molecular weight excluding hydrogens is 320 g/mol. The Balaban J connectivity index is 1.79. The summed E-state index contributed by atoms with van der Waals surface area (Å²) < 4.78 is 25.4. The van der Waals surface area contributed by atoms with Crippen molar-refractivity contribution in [2.45, 2.75) is 19.4 Å². The zero-order valence-corrected chi connectivity index (χ0v) is 14.3. The van der Waals surface area contributed by atoms with Crippen molar-refractivity contribution in [1.82, 2.24) is 29.9 Å². The van der Waals surface area contributed by atoms with E-state index in [1.165, 1.54) is 11.4 Å². The fraction of sp³-hybridized carbons (Fsp3) is 0.769. The van der Waals surface area contributed by atoms with Crippen LogP contribution in [-0.2, 0) is 16.6 Å². The molecular formula is C13H24N6O3S. The summed E-state index contributed by atoms with van der Waals surface area (Å²) in [5, 5.41) is 13.8. The van der Waals surface area contributed by atoms with Crippen LogP contribution in [0.15, 0.2) is 6.20 Å². The average Bonchev–Trinajstić information content (AvgIpc) is 2.95. The van der Waals surface area contributed by atoms with Gasteiger partial charge in [0.2, 0.25) is 10.0 Å². The van der Waals surface area contributed by atoms with E-state index in [1.54, 1.807) is 10.9 Å². The summed E-state index contributed by atoms with van der Waals surface area (Å²) >= 11 is 0. The van der Waals surface area contributed by atoms with E-state index in [4.69, 9.17) is 0 Å². The lowest BCUT2D eigenvalue weighted by Gasteiger charge is -2.22. The van der Waals surface area contributed by atoms with Gasteiger partial charge in [0.15, 0.2) is 5.69 Å². The summed E-state index contributed by atoms with van der Waals surface area (Å²) in [5.74, 6) is 0.157. The molecule has 1 aromatic heterocycles. The third-order valence-electron chi connectivity index (χ3n) is 3.89. The van der Waals surface area contributed by atoms with Crippen LogP contribution in [0.1, 0.15) is 23.3 Å². The Morgan fingerprint density at radius 3 is 3.00 bits per heavy atom. The summed E-state index contributed by atoms with van der Waals surface area (Å²) in [7, 11) is -1.77. The van der Waals surface area contributed by atoms with Gasteiger partial charge >= 0.3 is 0 Å². The number of nitrogens with one attached hydrogen (secondary N) is 2. The molecule has 0 bridgehead atoms. The van der Waals surface area contributed by atoms with Crippen molar-refractivity contribution in [3.05, 3.63) is 11.9 Å². The molecule has 10 heteroatoms. The van der Waals surface area contributed by atoms with Gasteiger partial charge < -0.3 is 10.6 Å². The van der Waals surface area contributed by atoms with Crippen molar-refractivity contribution in [3.63, 3.8) is 0 Å². The minimum atomic E-state index is -3.23. The summed E-state index contributed by atoms with van der Waals surface area (Å²) in [5.41, 5.74) is 0.246. The number of aromatic nitrogens is 3. The molecule has 1 saturated heterocycles. The molecule has 1 aliphatic rings. The fourth-order valence-electron chi connectivity index (χ4n) is 2.42. The number of amides is 1. The van der Waals surface area contributed by atoms with Gasteiger partial charge in [-0.05, 0) is 31.8 Å². The van der Waals surface area contributed by atoms with Crippen molar-refractivity contribution >= 4 is 15.9 Å². The van der Waals surface area contributed by atoms with Crippen molar-refractivity contribution < 1.29 is 13.2 Å². The molecule has 1 aliphatic heterocycles. The van der Waals surface area contributed by atoms with E-state index in [-0.39, 0.29) is 24.7 Å².